The van der Waals surface area contributed by atoms with E-state index in [1.807, 2.05) is 36.4 Å². The molecule has 4 aromatic carbocycles. The number of aromatic nitrogens is 1. The second-order valence-electron chi connectivity index (χ2n) is 25.5. The van der Waals surface area contributed by atoms with Gasteiger partial charge in [-0.05, 0) is 106 Å². The maximum Gasteiger partial charge on any atom is 0.328 e. The Morgan fingerprint density at radius 3 is 1.84 bits per heavy atom. The maximum absolute atomic E-state index is 15.5. The number of hydrogen-bond acceptors (Lipinski definition) is 24. The third kappa shape index (κ3) is 13.5. The minimum atomic E-state index is -1.68. The highest BCUT2D eigenvalue weighted by atomic mass is 16.7. The molecule has 0 bridgehead atoms. The van der Waals surface area contributed by atoms with Crippen LogP contribution in [0.2, 0.25) is 0 Å². The third-order valence-electron chi connectivity index (χ3n) is 19.0. The fourth-order valence-corrected chi connectivity index (χ4v) is 13.8. The van der Waals surface area contributed by atoms with E-state index in [2.05, 4.69) is 10.3 Å². The van der Waals surface area contributed by atoms with Gasteiger partial charge in [-0.1, -0.05) is 24.3 Å². The van der Waals surface area contributed by atoms with Crippen molar-refractivity contribution in [2.45, 2.75) is 234 Å². The minimum absolute atomic E-state index is 0.0260. The van der Waals surface area contributed by atoms with Gasteiger partial charge in [-0.2, -0.15) is 0 Å². The zero-order valence-electron chi connectivity index (χ0n) is 52.1. The standard InChI is InChI=1S/C65H84N2O24/c1-26-42(87-47-21-43(55(71)28(3)83-47)88-46-20-41(68)54(70)27(2)82-46)19-35-14-34-16-38(61(80-8)63(77)67-40(64(78)81-9)18-36-25-66-39-17-33-13-11-10-12-32(33)15-37(36)39)60(59(75)52(34)58(74)51(35)53(26)69)91-49-23-44(56(72)30(5)85-49)89-48-22-45(57(73)29(4)84-48)90-50-24-65(7,79)62(76)31(6)86-50/h10-15,17,19,25,27-31,38,40-41,43-50,54-57,60-62,66,68-74,76,79H,16,18,20-24H2,1-9H3,(H,67,77)/t27-,28-,29-,30-,31-,38-,40+,41-,43-,44-,45-,46+,47+,48+,49+,50+,54-,55-,56-,57+,60+,61+,62-,65+/m1/s1. The molecule has 6 heterocycles. The average molecular weight is 1280 g/mol. The van der Waals surface area contributed by atoms with E-state index in [1.165, 1.54) is 34.1 Å². The van der Waals surface area contributed by atoms with E-state index < -0.39 is 176 Å². The summed E-state index contributed by atoms with van der Waals surface area (Å²) in [5, 5.41) is 106. The van der Waals surface area contributed by atoms with E-state index >= 15 is 9.59 Å². The van der Waals surface area contributed by atoms with Crippen molar-refractivity contribution in [1.29, 1.82) is 0 Å². The van der Waals surface area contributed by atoms with Crippen LogP contribution in [0.4, 0.5) is 0 Å². The Balaban J connectivity index is 0.885. The number of benzene rings is 4. The number of ketones is 1. The molecule has 11 rings (SSSR count). The quantitative estimate of drug-likeness (QED) is 0.0596. The molecule has 26 nitrogen and oxygen atoms in total. The van der Waals surface area contributed by atoms with E-state index in [4.69, 9.17) is 56.8 Å². The minimum Gasteiger partial charge on any atom is -0.507 e. The summed E-state index contributed by atoms with van der Waals surface area (Å²) in [5.41, 5.74) is 0.0297. The van der Waals surface area contributed by atoms with Crippen molar-refractivity contribution in [1.82, 2.24) is 10.3 Å². The Morgan fingerprint density at radius 1 is 0.692 bits per heavy atom. The summed E-state index contributed by atoms with van der Waals surface area (Å²) in [6, 6.07) is 13.6. The summed E-state index contributed by atoms with van der Waals surface area (Å²) in [7, 11) is 2.45. The number of carbonyl (C=O) groups excluding carboxylic acids is 3. The van der Waals surface area contributed by atoms with Crippen LogP contribution in [0, 0.1) is 12.8 Å². The number of phenols is 2. The van der Waals surface area contributed by atoms with E-state index in [1.54, 1.807) is 46.9 Å². The number of aliphatic hydroxyl groups excluding tert-OH is 6. The van der Waals surface area contributed by atoms with Gasteiger partial charge in [0.1, 0.15) is 66.0 Å². The molecule has 0 radical (unpaired) electrons. The number of H-pyrrole nitrogens is 1. The van der Waals surface area contributed by atoms with Crippen LogP contribution in [-0.4, -0.2) is 224 Å². The fraction of sp³-hybridized carbons (Fsp3) is 0.615. The first kappa shape index (κ1) is 66.7. The topological polar surface area (TPSA) is 372 Å². The summed E-state index contributed by atoms with van der Waals surface area (Å²) in [5.74, 6) is -4.68. The van der Waals surface area contributed by atoms with Crippen molar-refractivity contribution in [3.05, 3.63) is 77.0 Å². The number of ether oxygens (including phenoxy) is 12. The SMILES string of the molecule is COC(=O)[C@H](Cc1c[nH]c2cc3ccccc3cc12)NC(=O)[C@@H](OC)[C@@H]1Cc2cc3cc(O[C@H]4C[C@@H](O[C@H]5C[C@@H](O)[C@H](O)[C@@H](C)O5)[C@H](O)[C@@H](C)O4)c(C)c(O)c3c(O)c2C(=O)[C@H]1O[C@H]1C[C@@H](O[C@H]2C[C@@H](O[C@H]3C[C@](C)(O)[C@H](O)[C@@H](C)O3)[C@@H](O)[C@@H](C)O2)[C@H](O)[C@@H](C)O1. The first-order valence-electron chi connectivity index (χ1n) is 31.0. The van der Waals surface area contributed by atoms with Crippen LogP contribution in [0.15, 0.2) is 54.7 Å². The number of rotatable bonds is 17. The molecular formula is C65H84N2O24. The van der Waals surface area contributed by atoms with Crippen molar-refractivity contribution < 1.29 is 117 Å². The number of hydrogen-bond donors (Lipinski definition) is 11. The van der Waals surface area contributed by atoms with Crippen molar-refractivity contribution in [2.24, 2.45) is 5.92 Å². The predicted octanol–water partition coefficient (Wildman–Crippen LogP) is 2.97. The van der Waals surface area contributed by atoms with Crippen LogP contribution >= 0.6 is 0 Å². The van der Waals surface area contributed by atoms with E-state index in [0.29, 0.717) is 5.56 Å². The van der Waals surface area contributed by atoms with Gasteiger partial charge in [-0.25, -0.2) is 4.79 Å². The lowest BCUT2D eigenvalue weighted by Crippen LogP contribution is -2.58. The van der Waals surface area contributed by atoms with Gasteiger partial charge in [-0.3, -0.25) is 9.59 Å². The molecule has 0 unspecified atom stereocenters. The Kier molecular flexibility index (Phi) is 19.8. The molecule has 91 heavy (non-hydrogen) atoms. The number of aliphatic hydroxyl groups is 7. The normalized spacial score (nSPS) is 37.1. The van der Waals surface area contributed by atoms with Crippen molar-refractivity contribution >= 4 is 50.1 Å². The van der Waals surface area contributed by atoms with Crippen LogP contribution in [-0.2, 0) is 74.5 Å². The summed E-state index contributed by atoms with van der Waals surface area (Å²) in [6.45, 7) is 11.0. The van der Waals surface area contributed by atoms with E-state index in [9.17, 15) is 50.8 Å². The highest BCUT2D eigenvalue weighted by Crippen LogP contribution is 2.48. The maximum atomic E-state index is 15.5. The monoisotopic (exact) mass is 1280 g/mol. The molecule has 5 fully saturated rings. The second kappa shape index (κ2) is 26.9. The number of carbonyl (C=O) groups is 3. The molecule has 498 valence electrons. The van der Waals surface area contributed by atoms with Crippen LogP contribution in [0.25, 0.3) is 32.4 Å². The summed E-state index contributed by atoms with van der Waals surface area (Å²) in [4.78, 5) is 47.6. The highest BCUT2D eigenvalue weighted by molar-refractivity contribution is 6.11. The lowest BCUT2D eigenvalue weighted by atomic mass is 9.76. The summed E-state index contributed by atoms with van der Waals surface area (Å²) in [6.07, 6.45) is -22.1. The van der Waals surface area contributed by atoms with Crippen molar-refractivity contribution in [3.8, 4) is 17.2 Å². The molecule has 5 aliphatic heterocycles. The molecule has 5 saturated heterocycles. The Labute approximate surface area is 524 Å². The molecule has 6 aliphatic rings. The number of fused-ring (bicyclic) bond motifs is 4. The van der Waals surface area contributed by atoms with Gasteiger partial charge < -0.3 is 113 Å². The van der Waals surface area contributed by atoms with E-state index in [0.717, 1.165) is 21.7 Å². The number of esters is 1. The average Bonchev–Trinajstić information content (AvgIpc) is 1.19. The van der Waals surface area contributed by atoms with Gasteiger partial charge in [0.25, 0.3) is 0 Å². The van der Waals surface area contributed by atoms with Gasteiger partial charge in [0, 0.05) is 74.2 Å². The summed E-state index contributed by atoms with van der Waals surface area (Å²) >= 11 is 0. The van der Waals surface area contributed by atoms with Crippen LogP contribution < -0.4 is 10.1 Å². The second-order valence-corrected chi connectivity index (χ2v) is 25.5. The zero-order chi connectivity index (χ0) is 65.2. The Bertz CT molecular complexity index is 3440. The number of phenolic OH excluding ortho intramolecular Hbond substituents is 2. The van der Waals surface area contributed by atoms with Gasteiger partial charge >= 0.3 is 5.97 Å². The number of methoxy groups -OCH3 is 2. The van der Waals surface area contributed by atoms with Crippen LogP contribution in [0.5, 0.6) is 17.2 Å². The molecule has 1 aromatic heterocycles. The molecule has 1 amide bonds. The van der Waals surface area contributed by atoms with Gasteiger partial charge in [-0.15, -0.1) is 0 Å². The molecular weight excluding hydrogens is 1190 g/mol. The lowest BCUT2D eigenvalue weighted by molar-refractivity contribution is -0.334. The number of Topliss-reactive ketones (excluding diaryl/α,β-unsaturated/α-hetero) is 1. The first-order valence-corrected chi connectivity index (χ1v) is 31.0. The van der Waals surface area contributed by atoms with E-state index in [-0.39, 0.29) is 78.2 Å². The zero-order valence-corrected chi connectivity index (χ0v) is 52.1. The van der Waals surface area contributed by atoms with Crippen molar-refractivity contribution in [3.63, 3.8) is 0 Å². The highest BCUT2D eigenvalue weighted by Gasteiger charge is 2.51. The van der Waals surface area contributed by atoms with Gasteiger partial charge in [0.15, 0.2) is 30.9 Å². The molecule has 11 N–H and O–H groups in total. The molecule has 1 aliphatic carbocycles. The number of amides is 1. The first-order chi connectivity index (χ1) is 43.2. The molecule has 0 spiro atoms. The number of nitrogens with one attached hydrogen (secondary N) is 2. The molecule has 26 heteroatoms. The molecule has 24 atom stereocenters. The Hall–Kier alpha value is -5.73. The van der Waals surface area contributed by atoms with Crippen LogP contribution in [0.1, 0.15) is 101 Å². The number of aromatic amines is 1. The lowest BCUT2D eigenvalue weighted by Gasteiger charge is -2.46. The van der Waals surface area contributed by atoms with Crippen molar-refractivity contribution in [2.75, 3.05) is 14.2 Å². The van der Waals surface area contributed by atoms with Gasteiger partial charge in [0.2, 0.25) is 12.2 Å². The third-order valence-corrected chi connectivity index (χ3v) is 19.0. The predicted molar refractivity (Wildman–Crippen MR) is 319 cm³/mol. The molecule has 0 saturated carbocycles. The Morgan fingerprint density at radius 2 is 1.24 bits per heavy atom. The number of aromatic hydroxyl groups is 2. The smallest absolute Gasteiger partial charge is 0.328 e. The van der Waals surface area contributed by atoms with Gasteiger partial charge in [0.05, 0.1) is 78.6 Å². The largest absolute Gasteiger partial charge is 0.507 e. The fourth-order valence-electron chi connectivity index (χ4n) is 13.8. The van der Waals surface area contributed by atoms with Crippen LogP contribution in [0.3, 0.4) is 0 Å². The summed E-state index contributed by atoms with van der Waals surface area (Å²) < 4.78 is 73.1. The molecule has 5 aromatic rings.